The monoisotopic (exact) mass is 194 g/mol. The van der Waals surface area contributed by atoms with Crippen molar-refractivity contribution in [2.75, 3.05) is 12.0 Å². The minimum Gasteiger partial charge on any atom is -0.396 e. The molecule has 0 saturated heterocycles. The Bertz CT molecular complexity index is 263. The molecule has 0 unspecified atom stereocenters. The Hall–Kier alpha value is -1.06. The number of aryl methyl sites for hydroxylation is 1. The number of para-hydroxylation sites is 1. The van der Waals surface area contributed by atoms with Crippen molar-refractivity contribution in [1.29, 1.82) is 0 Å². The van der Waals surface area contributed by atoms with Crippen LogP contribution < -0.4 is 11.3 Å². The third-order valence-electron chi connectivity index (χ3n) is 2.28. The molecule has 3 heteroatoms. The van der Waals surface area contributed by atoms with Gasteiger partial charge in [0.15, 0.2) is 0 Å². The van der Waals surface area contributed by atoms with Crippen LogP contribution in [-0.4, -0.2) is 11.7 Å². The number of nitrogens with one attached hydrogen (secondary N) is 1. The smallest absolute Gasteiger partial charge is 0.0517 e. The van der Waals surface area contributed by atoms with Gasteiger partial charge in [-0.05, 0) is 30.9 Å². The van der Waals surface area contributed by atoms with E-state index in [1.165, 1.54) is 5.56 Å². The zero-order valence-corrected chi connectivity index (χ0v) is 8.37. The van der Waals surface area contributed by atoms with Crippen molar-refractivity contribution in [2.45, 2.75) is 25.7 Å². The third-order valence-corrected chi connectivity index (χ3v) is 2.28. The molecule has 0 amide bonds. The number of hydrazine groups is 1. The third kappa shape index (κ3) is 3.36. The fourth-order valence-electron chi connectivity index (χ4n) is 1.48. The van der Waals surface area contributed by atoms with Crippen molar-refractivity contribution in [3.8, 4) is 0 Å². The Morgan fingerprint density at radius 1 is 1.14 bits per heavy atom. The van der Waals surface area contributed by atoms with Crippen molar-refractivity contribution in [1.82, 2.24) is 0 Å². The fraction of sp³-hybridized carbons (Fsp3) is 0.455. The summed E-state index contributed by atoms with van der Waals surface area (Å²) in [7, 11) is 0. The zero-order chi connectivity index (χ0) is 10.2. The molecule has 0 fully saturated rings. The summed E-state index contributed by atoms with van der Waals surface area (Å²) in [4.78, 5) is 0. The SMILES string of the molecule is NNc1ccccc1CCCCCO. The van der Waals surface area contributed by atoms with Gasteiger partial charge in [-0.2, -0.15) is 0 Å². The lowest BCUT2D eigenvalue weighted by atomic mass is 10.1. The number of aliphatic hydroxyl groups excluding tert-OH is 1. The lowest BCUT2D eigenvalue weighted by molar-refractivity contribution is 0.283. The van der Waals surface area contributed by atoms with Crippen LogP contribution in [0.1, 0.15) is 24.8 Å². The van der Waals surface area contributed by atoms with Gasteiger partial charge in [-0.15, -0.1) is 0 Å². The summed E-state index contributed by atoms with van der Waals surface area (Å²) < 4.78 is 0. The molecule has 0 aliphatic carbocycles. The molecule has 1 rings (SSSR count). The zero-order valence-electron chi connectivity index (χ0n) is 8.37. The van der Waals surface area contributed by atoms with Gasteiger partial charge in [0.2, 0.25) is 0 Å². The summed E-state index contributed by atoms with van der Waals surface area (Å²) >= 11 is 0. The Kier molecular flexibility index (Phi) is 5.04. The first-order chi connectivity index (χ1) is 6.88. The molecule has 0 bridgehead atoms. The van der Waals surface area contributed by atoms with Crippen LogP contribution >= 0.6 is 0 Å². The number of anilines is 1. The number of aliphatic hydroxyl groups is 1. The second-order valence-corrected chi connectivity index (χ2v) is 3.34. The molecule has 1 aromatic rings. The molecule has 0 aliphatic heterocycles. The van der Waals surface area contributed by atoms with Crippen LogP contribution in [0.2, 0.25) is 0 Å². The highest BCUT2D eigenvalue weighted by Gasteiger charge is 1.98. The second kappa shape index (κ2) is 6.40. The minimum absolute atomic E-state index is 0.288. The van der Waals surface area contributed by atoms with E-state index in [4.69, 9.17) is 10.9 Å². The van der Waals surface area contributed by atoms with Crippen molar-refractivity contribution in [3.63, 3.8) is 0 Å². The van der Waals surface area contributed by atoms with E-state index in [9.17, 15) is 0 Å². The molecule has 0 atom stereocenters. The fourth-order valence-corrected chi connectivity index (χ4v) is 1.48. The predicted molar refractivity (Wildman–Crippen MR) is 58.9 cm³/mol. The predicted octanol–water partition coefficient (Wildman–Crippen LogP) is 1.68. The van der Waals surface area contributed by atoms with Crippen molar-refractivity contribution >= 4 is 5.69 Å². The van der Waals surface area contributed by atoms with E-state index in [2.05, 4.69) is 11.5 Å². The van der Waals surface area contributed by atoms with Gasteiger partial charge in [0.1, 0.15) is 0 Å². The van der Waals surface area contributed by atoms with Crippen LogP contribution in [0.5, 0.6) is 0 Å². The van der Waals surface area contributed by atoms with Gasteiger partial charge < -0.3 is 10.5 Å². The topological polar surface area (TPSA) is 58.3 Å². The van der Waals surface area contributed by atoms with E-state index in [0.29, 0.717) is 0 Å². The van der Waals surface area contributed by atoms with E-state index in [-0.39, 0.29) is 6.61 Å². The van der Waals surface area contributed by atoms with Crippen LogP contribution in [0.25, 0.3) is 0 Å². The summed E-state index contributed by atoms with van der Waals surface area (Å²) in [5.41, 5.74) is 4.93. The second-order valence-electron chi connectivity index (χ2n) is 3.34. The highest BCUT2D eigenvalue weighted by Crippen LogP contribution is 2.16. The molecule has 1 aromatic carbocycles. The van der Waals surface area contributed by atoms with Crippen molar-refractivity contribution in [2.24, 2.45) is 5.84 Å². The average molecular weight is 194 g/mol. The van der Waals surface area contributed by atoms with Gasteiger partial charge >= 0.3 is 0 Å². The largest absolute Gasteiger partial charge is 0.396 e. The number of rotatable bonds is 6. The Morgan fingerprint density at radius 3 is 2.64 bits per heavy atom. The highest BCUT2D eigenvalue weighted by atomic mass is 16.2. The summed E-state index contributed by atoms with van der Waals surface area (Å²) in [6.07, 6.45) is 4.06. The Morgan fingerprint density at radius 2 is 1.93 bits per heavy atom. The molecule has 0 aliphatic rings. The molecule has 0 spiro atoms. The van der Waals surface area contributed by atoms with Crippen LogP contribution in [0, 0.1) is 0 Å². The maximum atomic E-state index is 8.63. The van der Waals surface area contributed by atoms with Crippen LogP contribution in [0.4, 0.5) is 5.69 Å². The number of hydrogen-bond acceptors (Lipinski definition) is 3. The van der Waals surface area contributed by atoms with E-state index >= 15 is 0 Å². The van der Waals surface area contributed by atoms with Crippen LogP contribution in [-0.2, 0) is 6.42 Å². The maximum Gasteiger partial charge on any atom is 0.0517 e. The Balaban J connectivity index is 2.41. The summed E-state index contributed by atoms with van der Waals surface area (Å²) in [6, 6.07) is 8.03. The average Bonchev–Trinajstić information content (AvgIpc) is 2.25. The highest BCUT2D eigenvalue weighted by molar-refractivity contribution is 5.49. The van der Waals surface area contributed by atoms with Gasteiger partial charge in [0.05, 0.1) is 5.69 Å². The summed E-state index contributed by atoms with van der Waals surface area (Å²) in [5, 5.41) is 8.63. The molecule has 0 radical (unpaired) electrons. The molecule has 0 saturated carbocycles. The molecule has 78 valence electrons. The van der Waals surface area contributed by atoms with E-state index in [1.807, 2.05) is 18.2 Å². The van der Waals surface area contributed by atoms with Gasteiger partial charge in [0.25, 0.3) is 0 Å². The van der Waals surface area contributed by atoms with E-state index in [1.54, 1.807) is 0 Å². The van der Waals surface area contributed by atoms with Gasteiger partial charge in [-0.1, -0.05) is 24.6 Å². The van der Waals surface area contributed by atoms with E-state index < -0.39 is 0 Å². The lowest BCUT2D eigenvalue weighted by Gasteiger charge is -2.07. The molecule has 0 aromatic heterocycles. The number of hydrogen-bond donors (Lipinski definition) is 3. The number of nitrogens with two attached hydrogens (primary N) is 1. The normalized spacial score (nSPS) is 10.1. The van der Waals surface area contributed by atoms with Gasteiger partial charge in [-0.25, -0.2) is 0 Å². The van der Waals surface area contributed by atoms with E-state index in [0.717, 1.165) is 31.4 Å². The first-order valence-electron chi connectivity index (χ1n) is 5.04. The van der Waals surface area contributed by atoms with Crippen molar-refractivity contribution < 1.29 is 5.11 Å². The lowest BCUT2D eigenvalue weighted by Crippen LogP contribution is -2.09. The number of unbranched alkanes of at least 4 members (excludes halogenated alkanes) is 2. The quantitative estimate of drug-likeness (QED) is 0.367. The minimum atomic E-state index is 0.288. The van der Waals surface area contributed by atoms with Crippen molar-refractivity contribution in [3.05, 3.63) is 29.8 Å². The molecular formula is C11H18N2O. The van der Waals surface area contributed by atoms with Gasteiger partial charge in [0, 0.05) is 6.61 Å². The molecule has 4 N–H and O–H groups in total. The summed E-state index contributed by atoms with van der Waals surface area (Å²) in [6.45, 7) is 0.288. The Labute approximate surface area is 84.9 Å². The standard InChI is InChI=1S/C11H18N2O/c12-13-11-8-4-3-7-10(11)6-2-1-5-9-14/h3-4,7-8,13-14H,1-2,5-6,9,12H2. The maximum absolute atomic E-state index is 8.63. The van der Waals surface area contributed by atoms with Gasteiger partial charge in [-0.3, -0.25) is 5.84 Å². The first-order valence-corrected chi connectivity index (χ1v) is 5.04. The molecule has 0 heterocycles. The number of nitrogen functional groups attached to an aromatic ring is 1. The molecular weight excluding hydrogens is 176 g/mol. The first kappa shape index (κ1) is 11.0. The van der Waals surface area contributed by atoms with Crippen LogP contribution in [0.15, 0.2) is 24.3 Å². The number of benzene rings is 1. The van der Waals surface area contributed by atoms with Crippen LogP contribution in [0.3, 0.4) is 0 Å². The molecule has 3 nitrogen and oxygen atoms in total. The molecule has 14 heavy (non-hydrogen) atoms. The summed E-state index contributed by atoms with van der Waals surface area (Å²) in [5.74, 6) is 5.39.